The molecule has 0 saturated carbocycles. The second-order valence-corrected chi connectivity index (χ2v) is 7.85. The third-order valence-electron chi connectivity index (χ3n) is 4.42. The molecule has 1 amide bonds. The van der Waals surface area contributed by atoms with Crippen molar-refractivity contribution in [2.24, 2.45) is 5.92 Å². The first-order valence-corrected chi connectivity index (χ1v) is 9.26. The van der Waals surface area contributed by atoms with Gasteiger partial charge in [-0.1, -0.05) is 30.3 Å². The number of benzene rings is 1. The predicted octanol–water partition coefficient (Wildman–Crippen LogP) is 2.80. The number of carbonyl (C=O) groups excluding carboxylic acids is 3. The summed E-state index contributed by atoms with van der Waals surface area (Å²) in [5, 5.41) is 3.01. The van der Waals surface area contributed by atoms with Crippen molar-refractivity contribution in [2.45, 2.75) is 32.3 Å². The molecule has 2 aromatic rings. The second kappa shape index (κ2) is 7.48. The first-order valence-electron chi connectivity index (χ1n) is 8.45. The van der Waals surface area contributed by atoms with E-state index < -0.39 is 23.5 Å². The molecule has 3 rings (SSSR count). The molecule has 7 nitrogen and oxygen atoms in total. The summed E-state index contributed by atoms with van der Waals surface area (Å²) in [6.45, 7) is 3.40. The molecule has 1 aliphatic heterocycles. The summed E-state index contributed by atoms with van der Waals surface area (Å²) in [5.74, 6) is -1.94. The maximum atomic E-state index is 12.6. The third-order valence-corrected chi connectivity index (χ3v) is 5.39. The van der Waals surface area contributed by atoms with Crippen LogP contribution in [0.1, 0.15) is 41.2 Å². The number of esters is 2. The lowest BCUT2D eigenvalue weighted by atomic mass is 9.90. The summed E-state index contributed by atoms with van der Waals surface area (Å²) < 4.78 is 10.0. The fourth-order valence-corrected chi connectivity index (χ4v) is 3.97. The molecule has 0 spiro atoms. The Morgan fingerprint density at radius 1 is 1.33 bits per heavy atom. The van der Waals surface area contributed by atoms with Crippen LogP contribution in [-0.2, 0) is 25.5 Å². The van der Waals surface area contributed by atoms with Crippen LogP contribution in [-0.4, -0.2) is 35.5 Å². The maximum absolute atomic E-state index is 12.6. The van der Waals surface area contributed by atoms with E-state index in [0.717, 1.165) is 5.56 Å². The second-order valence-electron chi connectivity index (χ2n) is 6.77. The van der Waals surface area contributed by atoms with Crippen LogP contribution in [0.15, 0.2) is 30.3 Å². The number of thiazole rings is 1. The molecule has 0 unspecified atom stereocenters. The Balaban J connectivity index is 1.83. The molecule has 1 fully saturated rings. The highest BCUT2D eigenvalue weighted by Gasteiger charge is 2.46. The molecule has 142 valence electrons. The summed E-state index contributed by atoms with van der Waals surface area (Å²) in [6.07, 6.45) is 0.514. The molecule has 0 aliphatic carbocycles. The van der Waals surface area contributed by atoms with Crippen LogP contribution < -0.4 is 5.32 Å². The van der Waals surface area contributed by atoms with Crippen molar-refractivity contribution in [3.05, 3.63) is 46.5 Å². The SMILES string of the molecule is COC(=O)c1nc(NC(=O)[C@H]2CC(=O)OC2(C)C)sc1Cc1ccccc1. The Morgan fingerprint density at radius 2 is 2.04 bits per heavy atom. The summed E-state index contributed by atoms with van der Waals surface area (Å²) in [5.41, 5.74) is 0.316. The molecule has 1 saturated heterocycles. The highest BCUT2D eigenvalue weighted by molar-refractivity contribution is 7.16. The van der Waals surface area contributed by atoms with Gasteiger partial charge in [0.15, 0.2) is 10.8 Å². The minimum Gasteiger partial charge on any atom is -0.464 e. The number of amides is 1. The van der Waals surface area contributed by atoms with Gasteiger partial charge >= 0.3 is 11.9 Å². The molecule has 0 radical (unpaired) electrons. The van der Waals surface area contributed by atoms with Gasteiger partial charge in [0.25, 0.3) is 0 Å². The minimum absolute atomic E-state index is 0.0188. The van der Waals surface area contributed by atoms with Crippen molar-refractivity contribution < 1.29 is 23.9 Å². The molecule has 27 heavy (non-hydrogen) atoms. The Kier molecular flexibility index (Phi) is 5.27. The van der Waals surface area contributed by atoms with Crippen molar-refractivity contribution in [2.75, 3.05) is 12.4 Å². The molecule has 0 bridgehead atoms. The lowest BCUT2D eigenvalue weighted by Crippen LogP contribution is -2.36. The van der Waals surface area contributed by atoms with Crippen LogP contribution in [0.2, 0.25) is 0 Å². The Bertz CT molecular complexity index is 875. The van der Waals surface area contributed by atoms with Crippen LogP contribution in [0.3, 0.4) is 0 Å². The summed E-state index contributed by atoms with van der Waals surface area (Å²) in [6, 6.07) is 9.63. The molecule has 1 atom stereocenters. The Labute approximate surface area is 160 Å². The highest BCUT2D eigenvalue weighted by atomic mass is 32.1. The van der Waals surface area contributed by atoms with Gasteiger partial charge in [-0.05, 0) is 19.4 Å². The maximum Gasteiger partial charge on any atom is 0.357 e. The molecule has 1 aromatic heterocycles. The first-order chi connectivity index (χ1) is 12.8. The quantitative estimate of drug-likeness (QED) is 0.792. The first kappa shape index (κ1) is 19.0. The van der Waals surface area contributed by atoms with E-state index in [-0.39, 0.29) is 18.0 Å². The van der Waals surface area contributed by atoms with Gasteiger partial charge in [-0.3, -0.25) is 9.59 Å². The normalized spacial score (nSPS) is 18.0. The van der Waals surface area contributed by atoms with Crippen molar-refractivity contribution in [1.82, 2.24) is 4.98 Å². The fraction of sp³-hybridized carbons (Fsp3) is 0.368. The van der Waals surface area contributed by atoms with Crippen LogP contribution in [0, 0.1) is 5.92 Å². The Morgan fingerprint density at radius 3 is 2.63 bits per heavy atom. The average Bonchev–Trinajstić information content (AvgIpc) is 3.14. The van der Waals surface area contributed by atoms with Gasteiger partial charge in [0.05, 0.1) is 19.4 Å². The smallest absolute Gasteiger partial charge is 0.357 e. The minimum atomic E-state index is -0.878. The highest BCUT2D eigenvalue weighted by Crippen LogP contribution is 2.34. The van der Waals surface area contributed by atoms with Crippen LogP contribution in [0.25, 0.3) is 0 Å². The molecule has 1 aliphatic rings. The van der Waals surface area contributed by atoms with E-state index >= 15 is 0 Å². The number of methoxy groups -OCH3 is 1. The molecule has 8 heteroatoms. The van der Waals surface area contributed by atoms with E-state index in [9.17, 15) is 14.4 Å². The number of cyclic esters (lactones) is 1. The van der Waals surface area contributed by atoms with Crippen molar-refractivity contribution in [1.29, 1.82) is 0 Å². The summed E-state index contributed by atoms with van der Waals surface area (Å²) in [7, 11) is 1.29. The fourth-order valence-electron chi connectivity index (χ4n) is 2.98. The topological polar surface area (TPSA) is 94.6 Å². The van der Waals surface area contributed by atoms with Gasteiger partial charge in [-0.25, -0.2) is 9.78 Å². The number of ether oxygens (including phenoxy) is 2. The van der Waals surface area contributed by atoms with E-state index in [4.69, 9.17) is 9.47 Å². The van der Waals surface area contributed by atoms with E-state index in [1.54, 1.807) is 13.8 Å². The number of rotatable bonds is 5. The number of hydrogen-bond donors (Lipinski definition) is 1. The third kappa shape index (κ3) is 4.16. The lowest BCUT2D eigenvalue weighted by Gasteiger charge is -2.23. The van der Waals surface area contributed by atoms with Gasteiger partial charge in [0.1, 0.15) is 5.60 Å². The Hall–Kier alpha value is -2.74. The summed E-state index contributed by atoms with van der Waals surface area (Å²) >= 11 is 1.22. The van der Waals surface area contributed by atoms with Gasteiger partial charge in [0.2, 0.25) is 5.91 Å². The summed E-state index contributed by atoms with van der Waals surface area (Å²) in [4.78, 5) is 41.1. The van der Waals surface area contributed by atoms with Gasteiger partial charge < -0.3 is 14.8 Å². The number of nitrogens with zero attached hydrogens (tertiary/aromatic N) is 1. The molecule has 2 heterocycles. The molecular formula is C19H20N2O5S. The van der Waals surface area contributed by atoms with Crippen LogP contribution in [0.5, 0.6) is 0 Å². The van der Waals surface area contributed by atoms with Gasteiger partial charge in [-0.15, -0.1) is 11.3 Å². The largest absolute Gasteiger partial charge is 0.464 e. The molecule has 1 N–H and O–H groups in total. The van der Waals surface area contributed by atoms with Crippen molar-refractivity contribution in [3.63, 3.8) is 0 Å². The van der Waals surface area contributed by atoms with Crippen LogP contribution >= 0.6 is 11.3 Å². The monoisotopic (exact) mass is 388 g/mol. The van der Waals surface area contributed by atoms with E-state index in [1.165, 1.54) is 18.4 Å². The average molecular weight is 388 g/mol. The number of carbonyl (C=O) groups is 3. The lowest BCUT2D eigenvalue weighted by molar-refractivity contribution is -0.147. The predicted molar refractivity (Wildman–Crippen MR) is 99.6 cm³/mol. The zero-order chi connectivity index (χ0) is 19.6. The van der Waals surface area contributed by atoms with E-state index in [1.807, 2.05) is 30.3 Å². The zero-order valence-electron chi connectivity index (χ0n) is 15.3. The number of anilines is 1. The van der Waals surface area contributed by atoms with Crippen molar-refractivity contribution in [3.8, 4) is 0 Å². The van der Waals surface area contributed by atoms with Crippen molar-refractivity contribution >= 4 is 34.3 Å². The number of hydrogen-bond acceptors (Lipinski definition) is 7. The zero-order valence-corrected chi connectivity index (χ0v) is 16.1. The standard InChI is InChI=1S/C19H20N2O5S/c1-19(2)12(10-14(22)26-19)16(23)21-18-20-15(17(24)25-3)13(27-18)9-11-7-5-4-6-8-11/h4-8,12H,9-10H2,1-3H3,(H,20,21,23)/t12-/m1/s1. The molecule has 1 aromatic carbocycles. The van der Waals surface area contributed by atoms with Crippen LogP contribution in [0.4, 0.5) is 5.13 Å². The van der Waals surface area contributed by atoms with E-state index in [0.29, 0.717) is 16.4 Å². The number of nitrogens with one attached hydrogen (secondary N) is 1. The molecular weight excluding hydrogens is 368 g/mol. The van der Waals surface area contributed by atoms with Gasteiger partial charge in [0, 0.05) is 11.3 Å². The van der Waals surface area contributed by atoms with Gasteiger partial charge in [-0.2, -0.15) is 0 Å². The van der Waals surface area contributed by atoms with E-state index in [2.05, 4.69) is 10.3 Å². The number of aromatic nitrogens is 1.